The van der Waals surface area contributed by atoms with Gasteiger partial charge in [0, 0.05) is 6.08 Å². The van der Waals surface area contributed by atoms with Crippen LogP contribution in [0.2, 0.25) is 0 Å². The van der Waals surface area contributed by atoms with Crippen molar-refractivity contribution in [3.05, 3.63) is 35.3 Å². The molecule has 0 fully saturated rings. The summed E-state index contributed by atoms with van der Waals surface area (Å²) in [6.45, 7) is 7.21. The molecule has 1 heterocycles. The molecule has 1 amide bonds. The summed E-state index contributed by atoms with van der Waals surface area (Å²) in [5.41, 5.74) is -0.282. The summed E-state index contributed by atoms with van der Waals surface area (Å²) < 4.78 is 5.34. The molecule has 0 aliphatic heterocycles. The van der Waals surface area contributed by atoms with Crippen LogP contribution in [-0.4, -0.2) is 17.6 Å². The Kier molecular flexibility index (Phi) is 4.12. The third-order valence-electron chi connectivity index (χ3n) is 2.30. The van der Waals surface area contributed by atoms with E-state index in [9.17, 15) is 9.90 Å². The Morgan fingerprint density at radius 2 is 2.18 bits per heavy atom. The predicted molar refractivity (Wildman–Crippen MR) is 65.5 cm³/mol. The van der Waals surface area contributed by atoms with Crippen molar-refractivity contribution < 1.29 is 14.3 Å². The third kappa shape index (κ3) is 4.07. The molecule has 1 aromatic heterocycles. The molecule has 17 heavy (non-hydrogen) atoms. The number of furan rings is 1. The van der Waals surface area contributed by atoms with Crippen molar-refractivity contribution in [2.24, 2.45) is 0 Å². The van der Waals surface area contributed by atoms with Crippen LogP contribution in [0.3, 0.4) is 0 Å². The summed E-state index contributed by atoms with van der Waals surface area (Å²) in [5, 5.41) is 12.8. The maximum absolute atomic E-state index is 11.4. The van der Waals surface area contributed by atoms with Crippen molar-refractivity contribution in [1.82, 2.24) is 5.32 Å². The Hall–Kier alpha value is -1.55. The van der Waals surface area contributed by atoms with E-state index in [1.54, 1.807) is 26.0 Å². The van der Waals surface area contributed by atoms with Gasteiger partial charge in [-0.2, -0.15) is 0 Å². The molecule has 1 atom stereocenters. The fraction of sp³-hybridized carbons (Fsp3) is 0.462. The summed E-state index contributed by atoms with van der Waals surface area (Å²) in [6.07, 6.45) is 1.49. The van der Waals surface area contributed by atoms with Gasteiger partial charge in [0.2, 0.25) is 5.91 Å². The van der Waals surface area contributed by atoms with Crippen LogP contribution in [0, 0.1) is 6.92 Å². The summed E-state index contributed by atoms with van der Waals surface area (Å²) in [7, 11) is 0. The van der Waals surface area contributed by atoms with Crippen LogP contribution in [0.5, 0.6) is 0 Å². The highest BCUT2D eigenvalue weighted by molar-refractivity contribution is 5.88. The summed E-state index contributed by atoms with van der Waals surface area (Å²) >= 11 is 0. The van der Waals surface area contributed by atoms with Crippen molar-refractivity contribution >= 4 is 5.91 Å². The van der Waals surface area contributed by atoms with Gasteiger partial charge in [0.05, 0.1) is 6.54 Å². The number of amides is 1. The van der Waals surface area contributed by atoms with Crippen molar-refractivity contribution in [1.29, 1.82) is 0 Å². The fourth-order valence-corrected chi connectivity index (χ4v) is 1.38. The van der Waals surface area contributed by atoms with E-state index in [-0.39, 0.29) is 12.5 Å². The van der Waals surface area contributed by atoms with Gasteiger partial charge in [-0.05, 0) is 39.8 Å². The standard InChI is InChI=1S/C13H19NO3/c1-9(2)7-12(15)14-8-13(4,16)11-6-5-10(3)17-11/h5-7,16H,8H2,1-4H3,(H,14,15). The zero-order chi connectivity index (χ0) is 13.1. The Morgan fingerprint density at radius 3 is 2.65 bits per heavy atom. The molecule has 0 aliphatic carbocycles. The average molecular weight is 237 g/mol. The summed E-state index contributed by atoms with van der Waals surface area (Å²) in [4.78, 5) is 11.4. The Bertz CT molecular complexity index is 426. The first-order valence-electron chi connectivity index (χ1n) is 5.53. The highest BCUT2D eigenvalue weighted by Gasteiger charge is 2.27. The van der Waals surface area contributed by atoms with E-state index < -0.39 is 5.60 Å². The zero-order valence-corrected chi connectivity index (χ0v) is 10.7. The lowest BCUT2D eigenvalue weighted by atomic mass is 10.0. The second-order valence-electron chi connectivity index (χ2n) is 4.62. The molecule has 0 aliphatic rings. The second kappa shape index (κ2) is 5.19. The lowest BCUT2D eigenvalue weighted by Crippen LogP contribution is -2.37. The summed E-state index contributed by atoms with van der Waals surface area (Å²) in [6, 6.07) is 3.49. The number of carbonyl (C=O) groups is 1. The molecule has 0 spiro atoms. The maximum Gasteiger partial charge on any atom is 0.244 e. The Morgan fingerprint density at radius 1 is 1.53 bits per heavy atom. The van der Waals surface area contributed by atoms with Crippen LogP contribution < -0.4 is 5.32 Å². The van der Waals surface area contributed by atoms with Gasteiger partial charge in [-0.25, -0.2) is 0 Å². The quantitative estimate of drug-likeness (QED) is 0.786. The van der Waals surface area contributed by atoms with E-state index in [4.69, 9.17) is 4.42 Å². The van der Waals surface area contributed by atoms with Gasteiger partial charge in [0.25, 0.3) is 0 Å². The van der Waals surface area contributed by atoms with E-state index in [0.717, 1.165) is 11.3 Å². The molecule has 4 nitrogen and oxygen atoms in total. The number of carbonyl (C=O) groups excluding carboxylic acids is 1. The minimum absolute atomic E-state index is 0.114. The number of hydrogen-bond donors (Lipinski definition) is 2. The SMILES string of the molecule is CC(C)=CC(=O)NCC(C)(O)c1ccc(C)o1. The second-order valence-corrected chi connectivity index (χ2v) is 4.62. The van der Waals surface area contributed by atoms with Crippen LogP contribution in [0.1, 0.15) is 32.3 Å². The van der Waals surface area contributed by atoms with E-state index >= 15 is 0 Å². The van der Waals surface area contributed by atoms with Crippen LogP contribution in [-0.2, 0) is 10.4 Å². The number of aryl methyl sites for hydroxylation is 1. The molecule has 1 unspecified atom stereocenters. The van der Waals surface area contributed by atoms with Gasteiger partial charge in [0.1, 0.15) is 17.1 Å². The molecular weight excluding hydrogens is 218 g/mol. The molecule has 4 heteroatoms. The van der Waals surface area contributed by atoms with Gasteiger partial charge in [-0.3, -0.25) is 4.79 Å². The first-order chi connectivity index (χ1) is 7.81. The molecule has 94 valence electrons. The highest BCUT2D eigenvalue weighted by atomic mass is 16.4. The largest absolute Gasteiger partial charge is 0.463 e. The van der Waals surface area contributed by atoms with E-state index in [2.05, 4.69) is 5.32 Å². The number of allylic oxidation sites excluding steroid dienone is 1. The fourth-order valence-electron chi connectivity index (χ4n) is 1.38. The first-order valence-corrected chi connectivity index (χ1v) is 5.53. The Balaban J connectivity index is 2.62. The van der Waals surface area contributed by atoms with Crippen LogP contribution in [0.15, 0.2) is 28.2 Å². The molecule has 0 aromatic carbocycles. The lowest BCUT2D eigenvalue weighted by molar-refractivity contribution is -0.117. The topological polar surface area (TPSA) is 62.5 Å². The average Bonchev–Trinajstić information content (AvgIpc) is 2.62. The monoisotopic (exact) mass is 237 g/mol. The molecule has 0 radical (unpaired) electrons. The number of rotatable bonds is 4. The van der Waals surface area contributed by atoms with Gasteiger partial charge >= 0.3 is 0 Å². The molecule has 1 rings (SSSR count). The Labute approximate surface area is 101 Å². The van der Waals surface area contributed by atoms with Crippen molar-refractivity contribution in [2.75, 3.05) is 6.54 Å². The predicted octanol–water partition coefficient (Wildman–Crippen LogP) is 1.88. The summed E-state index contributed by atoms with van der Waals surface area (Å²) in [5.74, 6) is 0.969. The lowest BCUT2D eigenvalue weighted by Gasteiger charge is -2.20. The molecule has 0 saturated heterocycles. The van der Waals surface area contributed by atoms with Gasteiger partial charge < -0.3 is 14.8 Å². The minimum atomic E-state index is -1.20. The third-order valence-corrected chi connectivity index (χ3v) is 2.30. The van der Waals surface area contributed by atoms with Crippen molar-refractivity contribution in [3.8, 4) is 0 Å². The number of aliphatic hydroxyl groups is 1. The molecular formula is C13H19NO3. The highest BCUT2D eigenvalue weighted by Crippen LogP contribution is 2.21. The van der Waals surface area contributed by atoms with Crippen LogP contribution in [0.25, 0.3) is 0 Å². The van der Waals surface area contributed by atoms with Gasteiger partial charge in [-0.1, -0.05) is 5.57 Å². The van der Waals surface area contributed by atoms with Crippen LogP contribution in [0.4, 0.5) is 0 Å². The molecule has 0 bridgehead atoms. The molecule has 0 saturated carbocycles. The van der Waals surface area contributed by atoms with Crippen molar-refractivity contribution in [2.45, 2.75) is 33.3 Å². The minimum Gasteiger partial charge on any atom is -0.463 e. The van der Waals surface area contributed by atoms with Crippen molar-refractivity contribution in [3.63, 3.8) is 0 Å². The van der Waals surface area contributed by atoms with E-state index in [1.807, 2.05) is 13.8 Å². The number of hydrogen-bond acceptors (Lipinski definition) is 3. The van der Waals surface area contributed by atoms with E-state index in [0.29, 0.717) is 5.76 Å². The van der Waals surface area contributed by atoms with E-state index in [1.165, 1.54) is 6.08 Å². The normalized spacial score (nSPS) is 13.9. The smallest absolute Gasteiger partial charge is 0.244 e. The number of nitrogens with one attached hydrogen (secondary N) is 1. The van der Waals surface area contributed by atoms with Gasteiger partial charge in [-0.15, -0.1) is 0 Å². The molecule has 2 N–H and O–H groups in total. The van der Waals surface area contributed by atoms with Crippen LogP contribution >= 0.6 is 0 Å². The maximum atomic E-state index is 11.4. The molecule has 1 aromatic rings. The first kappa shape index (κ1) is 13.5. The van der Waals surface area contributed by atoms with Gasteiger partial charge in [0.15, 0.2) is 0 Å². The zero-order valence-electron chi connectivity index (χ0n) is 10.7.